The van der Waals surface area contributed by atoms with Crippen LogP contribution in [0.15, 0.2) is 41.5 Å². The van der Waals surface area contributed by atoms with Crippen molar-refractivity contribution in [1.29, 1.82) is 0 Å². The summed E-state index contributed by atoms with van der Waals surface area (Å²) in [4.78, 5) is 29.4. The van der Waals surface area contributed by atoms with Crippen molar-refractivity contribution in [2.45, 2.75) is 6.54 Å². The molecule has 0 aliphatic rings. The number of halogens is 2. The first-order chi connectivity index (χ1) is 12.4. The minimum absolute atomic E-state index is 0.179. The van der Waals surface area contributed by atoms with Crippen LogP contribution in [-0.2, 0) is 6.54 Å². The zero-order valence-electron chi connectivity index (χ0n) is 14.0. The highest BCUT2D eigenvalue weighted by molar-refractivity contribution is 6.38. The summed E-state index contributed by atoms with van der Waals surface area (Å²) in [6.45, 7) is -0.179. The van der Waals surface area contributed by atoms with Crippen LogP contribution in [0.2, 0.25) is 10.0 Å². The fourth-order valence-corrected chi connectivity index (χ4v) is 3.11. The molecule has 0 aliphatic carbocycles. The van der Waals surface area contributed by atoms with Crippen molar-refractivity contribution < 1.29 is 14.3 Å². The second-order valence-corrected chi connectivity index (χ2v) is 6.30. The van der Waals surface area contributed by atoms with Crippen LogP contribution in [0.3, 0.4) is 0 Å². The summed E-state index contributed by atoms with van der Waals surface area (Å²) in [5, 5.41) is 0.860. The van der Waals surface area contributed by atoms with Crippen LogP contribution in [0.5, 0.6) is 11.5 Å². The van der Waals surface area contributed by atoms with Gasteiger partial charge in [-0.15, -0.1) is 0 Å². The average Bonchev–Trinajstić information content (AvgIpc) is 2.63. The third-order valence-electron chi connectivity index (χ3n) is 3.87. The number of ether oxygens (including phenoxy) is 2. The molecule has 3 aromatic rings. The molecule has 6 nitrogen and oxygen atoms in total. The number of rotatable bonds is 5. The molecule has 0 unspecified atom stereocenters. The molecule has 0 saturated heterocycles. The second kappa shape index (κ2) is 7.35. The molecule has 26 heavy (non-hydrogen) atoms. The van der Waals surface area contributed by atoms with Crippen LogP contribution < -0.4 is 15.0 Å². The number of ketones is 1. The SMILES string of the molecule is COc1ccc(C(=O)Cn2cnc3c(Cl)cc(Cl)cc3c2=O)cc1OC. The number of carbonyl (C=O) groups is 1. The third kappa shape index (κ3) is 3.38. The number of benzene rings is 2. The van der Waals surface area contributed by atoms with Gasteiger partial charge in [0, 0.05) is 10.6 Å². The van der Waals surface area contributed by atoms with Crippen molar-refractivity contribution in [2.75, 3.05) is 14.2 Å². The molecular formula is C18H14Cl2N2O4. The number of fused-ring (bicyclic) bond motifs is 1. The van der Waals surface area contributed by atoms with Gasteiger partial charge >= 0.3 is 0 Å². The minimum Gasteiger partial charge on any atom is -0.493 e. The van der Waals surface area contributed by atoms with Gasteiger partial charge in [-0.1, -0.05) is 23.2 Å². The predicted molar refractivity (Wildman–Crippen MR) is 99.9 cm³/mol. The van der Waals surface area contributed by atoms with E-state index in [1.165, 1.54) is 37.2 Å². The molecule has 0 atom stereocenters. The summed E-state index contributed by atoms with van der Waals surface area (Å²) in [5.74, 6) is 0.668. The summed E-state index contributed by atoms with van der Waals surface area (Å²) in [7, 11) is 2.99. The second-order valence-electron chi connectivity index (χ2n) is 5.45. The van der Waals surface area contributed by atoms with E-state index in [2.05, 4.69) is 4.98 Å². The third-order valence-corrected chi connectivity index (χ3v) is 4.37. The van der Waals surface area contributed by atoms with Crippen LogP contribution in [0, 0.1) is 0 Å². The van der Waals surface area contributed by atoms with Gasteiger partial charge in [-0.25, -0.2) is 4.98 Å². The fourth-order valence-electron chi connectivity index (χ4n) is 2.56. The Morgan fingerprint density at radius 2 is 1.85 bits per heavy atom. The minimum atomic E-state index is -0.395. The van der Waals surface area contributed by atoms with E-state index in [4.69, 9.17) is 32.7 Å². The lowest BCUT2D eigenvalue weighted by molar-refractivity contribution is 0.0970. The van der Waals surface area contributed by atoms with Gasteiger partial charge in [0.2, 0.25) is 0 Å². The predicted octanol–water partition coefficient (Wildman–Crippen LogP) is 3.60. The van der Waals surface area contributed by atoms with E-state index in [0.717, 1.165) is 0 Å². The van der Waals surface area contributed by atoms with Crippen molar-refractivity contribution in [3.8, 4) is 11.5 Å². The first-order valence-electron chi connectivity index (χ1n) is 7.54. The average molecular weight is 393 g/mol. The van der Waals surface area contributed by atoms with E-state index < -0.39 is 5.56 Å². The summed E-state index contributed by atoms with van der Waals surface area (Å²) < 4.78 is 11.6. The molecule has 8 heteroatoms. The van der Waals surface area contributed by atoms with Crippen LogP contribution in [0.4, 0.5) is 0 Å². The zero-order chi connectivity index (χ0) is 18.8. The maximum Gasteiger partial charge on any atom is 0.261 e. The fraction of sp³-hybridized carbons (Fsp3) is 0.167. The quantitative estimate of drug-likeness (QED) is 0.620. The van der Waals surface area contributed by atoms with Crippen LogP contribution >= 0.6 is 23.2 Å². The van der Waals surface area contributed by atoms with Gasteiger partial charge in [0.25, 0.3) is 5.56 Å². The zero-order valence-corrected chi connectivity index (χ0v) is 15.5. The molecule has 0 fully saturated rings. The summed E-state index contributed by atoms with van der Waals surface area (Å²) in [6, 6.07) is 7.80. The standard InChI is InChI=1S/C18H14Cl2N2O4/c1-25-15-4-3-10(5-16(15)26-2)14(23)8-22-9-21-17-12(18(22)24)6-11(19)7-13(17)20/h3-7,9H,8H2,1-2H3. The summed E-state index contributed by atoms with van der Waals surface area (Å²) in [5.41, 5.74) is 0.336. The lowest BCUT2D eigenvalue weighted by Crippen LogP contribution is -2.24. The molecule has 0 N–H and O–H groups in total. The molecule has 0 amide bonds. The Balaban J connectivity index is 1.97. The Bertz CT molecular complexity index is 1060. The molecule has 0 saturated carbocycles. The van der Waals surface area contributed by atoms with Crippen molar-refractivity contribution in [1.82, 2.24) is 9.55 Å². The highest BCUT2D eigenvalue weighted by atomic mass is 35.5. The highest BCUT2D eigenvalue weighted by Crippen LogP contribution is 2.28. The molecule has 1 heterocycles. The molecule has 2 aromatic carbocycles. The van der Waals surface area contributed by atoms with E-state index in [-0.39, 0.29) is 22.7 Å². The van der Waals surface area contributed by atoms with Crippen LogP contribution in [-0.4, -0.2) is 29.6 Å². The van der Waals surface area contributed by atoms with Gasteiger partial charge in [-0.3, -0.25) is 14.2 Å². The molecule has 0 radical (unpaired) electrons. The van der Waals surface area contributed by atoms with Gasteiger partial charge < -0.3 is 9.47 Å². The van der Waals surface area contributed by atoms with E-state index in [0.29, 0.717) is 27.6 Å². The van der Waals surface area contributed by atoms with Crippen LogP contribution in [0.1, 0.15) is 10.4 Å². The number of methoxy groups -OCH3 is 2. The Labute approximate surface area is 158 Å². The number of hydrogen-bond acceptors (Lipinski definition) is 5. The van der Waals surface area contributed by atoms with E-state index in [9.17, 15) is 9.59 Å². The molecule has 0 bridgehead atoms. The molecule has 0 aliphatic heterocycles. The van der Waals surface area contributed by atoms with Crippen molar-refractivity contribution in [2.24, 2.45) is 0 Å². The maximum absolute atomic E-state index is 12.6. The monoisotopic (exact) mass is 392 g/mol. The molecular weight excluding hydrogens is 379 g/mol. The van der Waals surface area contributed by atoms with Gasteiger partial charge in [0.05, 0.1) is 43.0 Å². The van der Waals surface area contributed by atoms with E-state index in [1.807, 2.05) is 0 Å². The number of carbonyl (C=O) groups excluding carboxylic acids is 1. The molecule has 0 spiro atoms. The molecule has 134 valence electrons. The number of aromatic nitrogens is 2. The summed E-state index contributed by atoms with van der Waals surface area (Å²) in [6.07, 6.45) is 1.29. The van der Waals surface area contributed by atoms with Crippen molar-refractivity contribution in [3.05, 3.63) is 62.6 Å². The van der Waals surface area contributed by atoms with Gasteiger partial charge in [-0.2, -0.15) is 0 Å². The number of Topliss-reactive ketones (excluding diaryl/α,β-unsaturated/α-hetero) is 1. The molecule has 3 rings (SSSR count). The largest absolute Gasteiger partial charge is 0.493 e. The van der Waals surface area contributed by atoms with Gasteiger partial charge in [0.1, 0.15) is 0 Å². The number of hydrogen-bond donors (Lipinski definition) is 0. The Morgan fingerprint density at radius 1 is 1.12 bits per heavy atom. The Hall–Kier alpha value is -2.57. The Kier molecular flexibility index (Phi) is 5.15. The Morgan fingerprint density at radius 3 is 2.54 bits per heavy atom. The smallest absolute Gasteiger partial charge is 0.261 e. The molecule has 1 aromatic heterocycles. The topological polar surface area (TPSA) is 70.4 Å². The van der Waals surface area contributed by atoms with Crippen molar-refractivity contribution >= 4 is 39.9 Å². The highest BCUT2D eigenvalue weighted by Gasteiger charge is 2.14. The lowest BCUT2D eigenvalue weighted by Gasteiger charge is -2.10. The number of nitrogens with zero attached hydrogens (tertiary/aromatic N) is 2. The first kappa shape index (κ1) is 18.2. The first-order valence-corrected chi connectivity index (χ1v) is 8.29. The van der Waals surface area contributed by atoms with Crippen molar-refractivity contribution in [3.63, 3.8) is 0 Å². The van der Waals surface area contributed by atoms with E-state index in [1.54, 1.807) is 18.2 Å². The lowest BCUT2D eigenvalue weighted by atomic mass is 10.1. The van der Waals surface area contributed by atoms with Gasteiger partial charge in [-0.05, 0) is 30.3 Å². The maximum atomic E-state index is 12.6. The van der Waals surface area contributed by atoms with Gasteiger partial charge in [0.15, 0.2) is 17.3 Å². The van der Waals surface area contributed by atoms with Crippen LogP contribution in [0.25, 0.3) is 10.9 Å². The van der Waals surface area contributed by atoms with E-state index >= 15 is 0 Å². The summed E-state index contributed by atoms with van der Waals surface area (Å²) >= 11 is 12.0. The normalized spacial score (nSPS) is 10.8.